The Morgan fingerprint density at radius 3 is 1.42 bits per heavy atom. The van der Waals surface area contributed by atoms with E-state index >= 15 is 0 Å². The predicted molar refractivity (Wildman–Crippen MR) is 124 cm³/mol. The number of ether oxygens (including phenoxy) is 2. The zero-order valence-corrected chi connectivity index (χ0v) is 23.6. The molecule has 2 atom stereocenters. The summed E-state index contributed by atoms with van der Waals surface area (Å²) < 4.78 is 9.70. The SMILES string of the molecule is CCCCCCCCCCCCCCCCCC(=O)OC(C)C(=O)OC(C)C(=O)O.[K]. The molecule has 0 aliphatic heterocycles. The average molecular weight is 468 g/mol. The molecule has 0 aliphatic rings. The Bertz CT molecular complexity index is 469. The van der Waals surface area contributed by atoms with Gasteiger partial charge in [-0.3, -0.25) is 4.79 Å². The van der Waals surface area contributed by atoms with Gasteiger partial charge in [-0.1, -0.05) is 96.8 Å². The van der Waals surface area contributed by atoms with E-state index in [2.05, 4.69) is 11.7 Å². The number of carbonyl (C=O) groups excluding carboxylic acids is 2. The molecule has 6 nitrogen and oxygen atoms in total. The van der Waals surface area contributed by atoms with Crippen LogP contribution >= 0.6 is 0 Å². The Kier molecular flexibility index (Phi) is 24.9. The van der Waals surface area contributed by atoms with Crippen molar-refractivity contribution >= 4 is 69.3 Å². The monoisotopic (exact) mass is 467 g/mol. The second-order valence-electron chi connectivity index (χ2n) is 8.25. The molecule has 0 aromatic rings. The molecule has 0 aromatic carbocycles. The van der Waals surface area contributed by atoms with Crippen LogP contribution in [0.4, 0.5) is 0 Å². The van der Waals surface area contributed by atoms with E-state index in [1.54, 1.807) is 0 Å². The molecular weight excluding hydrogens is 423 g/mol. The van der Waals surface area contributed by atoms with E-state index in [0.29, 0.717) is 0 Å². The molecule has 0 rings (SSSR count). The third-order valence-electron chi connectivity index (χ3n) is 5.27. The van der Waals surface area contributed by atoms with Crippen molar-refractivity contribution in [3.63, 3.8) is 0 Å². The zero-order chi connectivity index (χ0) is 22.6. The summed E-state index contributed by atoms with van der Waals surface area (Å²) in [4.78, 5) is 34.1. The fourth-order valence-corrected chi connectivity index (χ4v) is 3.27. The molecule has 0 spiro atoms. The van der Waals surface area contributed by atoms with Crippen LogP contribution in [0, 0.1) is 0 Å². The second kappa shape index (κ2) is 23.2. The quantitative estimate of drug-likeness (QED) is 0.138. The van der Waals surface area contributed by atoms with E-state index in [9.17, 15) is 14.4 Å². The standard InChI is InChI=1S/C24H44O6.K/c1-4-5-6-7-8-9-10-11-12-13-14-15-16-17-18-19-22(25)29-21(3)24(28)30-20(2)23(26)27;/h20-21H,4-19H2,1-3H3,(H,26,27);. The van der Waals surface area contributed by atoms with Gasteiger partial charge in [-0.2, -0.15) is 0 Å². The number of carbonyl (C=O) groups is 3. The van der Waals surface area contributed by atoms with Crippen molar-refractivity contribution in [3.8, 4) is 0 Å². The number of carboxylic acid groups (broad SMARTS) is 1. The van der Waals surface area contributed by atoms with Crippen LogP contribution in [0.15, 0.2) is 0 Å². The number of aliphatic carboxylic acids is 1. The van der Waals surface area contributed by atoms with Gasteiger partial charge in [0.15, 0.2) is 12.2 Å². The number of esters is 2. The Hall–Kier alpha value is 0.0464. The van der Waals surface area contributed by atoms with Gasteiger partial charge in [0.2, 0.25) is 0 Å². The maximum Gasteiger partial charge on any atom is 0.347 e. The molecule has 0 aliphatic carbocycles. The van der Waals surface area contributed by atoms with Crippen LogP contribution in [0.1, 0.15) is 124 Å². The van der Waals surface area contributed by atoms with Crippen molar-refractivity contribution in [1.82, 2.24) is 0 Å². The largest absolute Gasteiger partial charge is 0.479 e. The van der Waals surface area contributed by atoms with Gasteiger partial charge in [-0.05, 0) is 20.3 Å². The number of rotatable bonds is 20. The van der Waals surface area contributed by atoms with Gasteiger partial charge in [-0.15, -0.1) is 0 Å². The maximum atomic E-state index is 11.8. The maximum absolute atomic E-state index is 11.8. The molecule has 0 heterocycles. The third kappa shape index (κ3) is 21.6. The number of carboxylic acids is 1. The molecule has 0 fully saturated rings. The van der Waals surface area contributed by atoms with Crippen LogP contribution in [0.5, 0.6) is 0 Å². The smallest absolute Gasteiger partial charge is 0.347 e. The minimum atomic E-state index is -1.26. The Balaban J connectivity index is 0. The van der Waals surface area contributed by atoms with Crippen LogP contribution < -0.4 is 0 Å². The molecule has 0 bridgehead atoms. The Morgan fingerprint density at radius 2 is 1.03 bits per heavy atom. The second-order valence-corrected chi connectivity index (χ2v) is 8.25. The molecule has 2 unspecified atom stereocenters. The fourth-order valence-electron chi connectivity index (χ4n) is 3.27. The molecule has 0 aromatic heterocycles. The van der Waals surface area contributed by atoms with Crippen LogP contribution in [0.25, 0.3) is 0 Å². The van der Waals surface area contributed by atoms with Crippen molar-refractivity contribution in [2.24, 2.45) is 0 Å². The molecule has 0 amide bonds. The van der Waals surface area contributed by atoms with Gasteiger partial charge in [-0.25, -0.2) is 9.59 Å². The van der Waals surface area contributed by atoms with Crippen molar-refractivity contribution in [1.29, 1.82) is 0 Å². The molecule has 0 saturated carbocycles. The summed E-state index contributed by atoms with van der Waals surface area (Å²) in [6.07, 6.45) is 16.8. The summed E-state index contributed by atoms with van der Waals surface area (Å²) in [5.74, 6) is -2.52. The molecule has 1 radical (unpaired) electrons. The summed E-state index contributed by atoms with van der Waals surface area (Å²) >= 11 is 0. The van der Waals surface area contributed by atoms with E-state index in [1.807, 2.05) is 0 Å². The van der Waals surface area contributed by atoms with E-state index < -0.39 is 30.1 Å². The molecule has 7 heteroatoms. The fraction of sp³-hybridized carbons (Fsp3) is 0.875. The van der Waals surface area contributed by atoms with E-state index in [0.717, 1.165) is 19.3 Å². The van der Waals surface area contributed by atoms with Gasteiger partial charge in [0.05, 0.1) is 0 Å². The molecule has 0 saturated heterocycles. The first-order valence-electron chi connectivity index (χ1n) is 12.0. The summed E-state index contributed by atoms with van der Waals surface area (Å²) in [5.41, 5.74) is 0. The number of hydrogen-bond acceptors (Lipinski definition) is 5. The first kappa shape index (κ1) is 33.2. The number of unbranched alkanes of at least 4 members (excludes halogenated alkanes) is 14. The third-order valence-corrected chi connectivity index (χ3v) is 5.27. The first-order valence-corrected chi connectivity index (χ1v) is 12.0. The summed E-state index contributed by atoms with van der Waals surface area (Å²) in [5, 5.41) is 8.71. The zero-order valence-electron chi connectivity index (χ0n) is 20.5. The van der Waals surface area contributed by atoms with E-state index in [-0.39, 0.29) is 57.8 Å². The minimum Gasteiger partial charge on any atom is -0.479 e. The van der Waals surface area contributed by atoms with Crippen LogP contribution in [0.3, 0.4) is 0 Å². The molecule has 1 N–H and O–H groups in total. The topological polar surface area (TPSA) is 89.9 Å². The van der Waals surface area contributed by atoms with E-state index in [4.69, 9.17) is 9.84 Å². The van der Waals surface area contributed by atoms with Crippen molar-refractivity contribution in [2.45, 2.75) is 136 Å². The summed E-state index contributed by atoms with van der Waals surface area (Å²) in [6, 6.07) is 0. The van der Waals surface area contributed by atoms with Crippen molar-refractivity contribution in [3.05, 3.63) is 0 Å². The summed E-state index contributed by atoms with van der Waals surface area (Å²) in [6.45, 7) is 4.90. The molecular formula is C24H44KO6. The van der Waals surface area contributed by atoms with Gasteiger partial charge in [0.25, 0.3) is 0 Å². The average Bonchev–Trinajstić information content (AvgIpc) is 2.70. The van der Waals surface area contributed by atoms with Crippen molar-refractivity contribution < 1.29 is 29.0 Å². The Morgan fingerprint density at radius 1 is 0.645 bits per heavy atom. The van der Waals surface area contributed by atoms with E-state index in [1.165, 1.54) is 90.9 Å². The van der Waals surface area contributed by atoms with Crippen molar-refractivity contribution in [2.75, 3.05) is 0 Å². The first-order chi connectivity index (χ1) is 14.4. The van der Waals surface area contributed by atoms with Crippen LogP contribution in [0.2, 0.25) is 0 Å². The minimum absolute atomic E-state index is 0. The van der Waals surface area contributed by atoms with Gasteiger partial charge >= 0.3 is 17.9 Å². The van der Waals surface area contributed by atoms with Gasteiger partial charge in [0, 0.05) is 57.8 Å². The van der Waals surface area contributed by atoms with Gasteiger partial charge < -0.3 is 14.6 Å². The summed E-state index contributed by atoms with van der Waals surface area (Å²) in [7, 11) is 0. The van der Waals surface area contributed by atoms with Gasteiger partial charge in [0.1, 0.15) is 0 Å². The molecule has 31 heavy (non-hydrogen) atoms. The molecule has 177 valence electrons. The van der Waals surface area contributed by atoms with Crippen LogP contribution in [-0.2, 0) is 23.9 Å². The predicted octanol–water partition coefficient (Wildman–Crippen LogP) is 5.82. The Labute approximate surface area is 232 Å². The number of hydrogen-bond donors (Lipinski definition) is 1. The van der Waals surface area contributed by atoms with Crippen LogP contribution in [-0.4, -0.2) is 86.6 Å². The normalized spacial score (nSPS) is 12.5.